The van der Waals surface area contributed by atoms with Gasteiger partial charge in [0, 0.05) is 6.42 Å². The van der Waals surface area contributed by atoms with Crippen LogP contribution in [-0.4, -0.2) is 17.1 Å². The zero-order valence-electron chi connectivity index (χ0n) is 11.1. The summed E-state index contributed by atoms with van der Waals surface area (Å²) in [7, 11) is 0. The van der Waals surface area contributed by atoms with Crippen LogP contribution in [-0.2, 0) is 17.6 Å². The Kier molecular flexibility index (Phi) is 3.52. The predicted molar refractivity (Wildman–Crippen MR) is 77.2 cm³/mol. The Labute approximate surface area is 118 Å². The molecule has 0 radical (unpaired) electrons. The van der Waals surface area contributed by atoms with Crippen LogP contribution in [0.3, 0.4) is 0 Å². The molecular formula is C17H17NO2. The molecule has 0 unspecified atom stereocenters. The Morgan fingerprint density at radius 1 is 1.10 bits per heavy atom. The van der Waals surface area contributed by atoms with Crippen molar-refractivity contribution >= 4 is 5.91 Å². The highest BCUT2D eigenvalue weighted by molar-refractivity contribution is 5.79. The molecule has 1 aliphatic rings. The van der Waals surface area contributed by atoms with E-state index in [4.69, 9.17) is 0 Å². The highest BCUT2D eigenvalue weighted by Crippen LogP contribution is 2.31. The number of fused-ring (bicyclic) bond motifs is 1. The van der Waals surface area contributed by atoms with Crippen molar-refractivity contribution in [2.45, 2.75) is 25.0 Å². The third-order valence-electron chi connectivity index (χ3n) is 3.73. The average molecular weight is 267 g/mol. The monoisotopic (exact) mass is 267 g/mol. The normalized spacial score (nSPS) is 20.4. The quantitative estimate of drug-likeness (QED) is 0.893. The van der Waals surface area contributed by atoms with Crippen molar-refractivity contribution in [1.82, 2.24) is 5.32 Å². The number of benzene rings is 2. The Hall–Kier alpha value is -2.13. The first kappa shape index (κ1) is 12.9. The fourth-order valence-corrected chi connectivity index (χ4v) is 2.75. The molecule has 3 rings (SSSR count). The molecule has 1 amide bonds. The van der Waals surface area contributed by atoms with E-state index in [1.54, 1.807) is 0 Å². The van der Waals surface area contributed by atoms with Crippen molar-refractivity contribution in [2.75, 3.05) is 0 Å². The second-order valence-electron chi connectivity index (χ2n) is 5.18. The van der Waals surface area contributed by atoms with E-state index in [9.17, 15) is 9.90 Å². The first-order chi connectivity index (χ1) is 9.74. The Morgan fingerprint density at radius 3 is 2.60 bits per heavy atom. The molecule has 20 heavy (non-hydrogen) atoms. The zero-order valence-corrected chi connectivity index (χ0v) is 11.1. The van der Waals surface area contributed by atoms with Gasteiger partial charge in [-0.1, -0.05) is 54.6 Å². The lowest BCUT2D eigenvalue weighted by atomic mass is 10.1. The van der Waals surface area contributed by atoms with Crippen LogP contribution in [0.25, 0.3) is 0 Å². The van der Waals surface area contributed by atoms with Gasteiger partial charge in [-0.3, -0.25) is 4.79 Å². The molecule has 0 aromatic heterocycles. The van der Waals surface area contributed by atoms with Crippen molar-refractivity contribution in [3.63, 3.8) is 0 Å². The van der Waals surface area contributed by atoms with Gasteiger partial charge < -0.3 is 10.4 Å². The molecular weight excluding hydrogens is 250 g/mol. The fourth-order valence-electron chi connectivity index (χ4n) is 2.75. The van der Waals surface area contributed by atoms with Crippen LogP contribution in [0.15, 0.2) is 54.6 Å². The Morgan fingerprint density at radius 2 is 1.80 bits per heavy atom. The van der Waals surface area contributed by atoms with E-state index < -0.39 is 6.10 Å². The molecule has 0 saturated carbocycles. The van der Waals surface area contributed by atoms with Gasteiger partial charge in [-0.05, 0) is 16.7 Å². The van der Waals surface area contributed by atoms with Gasteiger partial charge in [0.05, 0.1) is 18.6 Å². The van der Waals surface area contributed by atoms with E-state index >= 15 is 0 Å². The van der Waals surface area contributed by atoms with Crippen LogP contribution in [0.1, 0.15) is 22.7 Å². The third-order valence-corrected chi connectivity index (χ3v) is 3.73. The molecule has 0 spiro atoms. The van der Waals surface area contributed by atoms with E-state index in [0.717, 1.165) is 16.7 Å². The summed E-state index contributed by atoms with van der Waals surface area (Å²) in [6.07, 6.45) is 0.408. The van der Waals surface area contributed by atoms with Crippen LogP contribution in [0.2, 0.25) is 0 Å². The van der Waals surface area contributed by atoms with Crippen molar-refractivity contribution < 1.29 is 9.90 Å². The van der Waals surface area contributed by atoms with E-state index in [1.165, 1.54) is 0 Å². The molecule has 2 N–H and O–H groups in total. The van der Waals surface area contributed by atoms with Gasteiger partial charge in [-0.25, -0.2) is 0 Å². The second kappa shape index (κ2) is 5.47. The number of aliphatic hydroxyl groups is 1. The van der Waals surface area contributed by atoms with Gasteiger partial charge >= 0.3 is 0 Å². The molecule has 2 atom stereocenters. The number of aliphatic hydroxyl groups excluding tert-OH is 1. The summed E-state index contributed by atoms with van der Waals surface area (Å²) in [4.78, 5) is 12.1. The lowest BCUT2D eigenvalue weighted by Gasteiger charge is -2.18. The summed E-state index contributed by atoms with van der Waals surface area (Å²) >= 11 is 0. The molecule has 102 valence electrons. The smallest absolute Gasteiger partial charge is 0.224 e. The molecule has 0 saturated heterocycles. The average Bonchev–Trinajstić information content (AvgIpc) is 2.76. The van der Waals surface area contributed by atoms with Crippen LogP contribution >= 0.6 is 0 Å². The van der Waals surface area contributed by atoms with Gasteiger partial charge in [-0.15, -0.1) is 0 Å². The summed E-state index contributed by atoms with van der Waals surface area (Å²) in [5.41, 5.74) is 3.12. The van der Waals surface area contributed by atoms with Crippen molar-refractivity contribution in [2.24, 2.45) is 0 Å². The number of carbonyl (C=O) groups is 1. The molecule has 0 aliphatic heterocycles. The summed E-state index contributed by atoms with van der Waals surface area (Å²) in [6, 6.07) is 17.2. The molecule has 2 aromatic rings. The predicted octanol–water partition coefficient (Wildman–Crippen LogP) is 2.00. The maximum atomic E-state index is 12.1. The highest BCUT2D eigenvalue weighted by Gasteiger charge is 2.31. The first-order valence-electron chi connectivity index (χ1n) is 6.83. The van der Waals surface area contributed by atoms with Gasteiger partial charge in [0.25, 0.3) is 0 Å². The SMILES string of the molecule is O=C(Cc1ccccc1)N[C@@H]1c2ccccc2C[C@@H]1O. The maximum absolute atomic E-state index is 12.1. The molecule has 3 heteroatoms. The summed E-state index contributed by atoms with van der Waals surface area (Å²) < 4.78 is 0. The Bertz CT molecular complexity index is 609. The second-order valence-corrected chi connectivity index (χ2v) is 5.18. The summed E-state index contributed by atoms with van der Waals surface area (Å²) in [5, 5.41) is 13.1. The molecule has 1 aliphatic carbocycles. The first-order valence-corrected chi connectivity index (χ1v) is 6.83. The van der Waals surface area contributed by atoms with Crippen LogP contribution in [0.5, 0.6) is 0 Å². The summed E-state index contributed by atoms with van der Waals surface area (Å²) in [6.45, 7) is 0. The lowest BCUT2D eigenvalue weighted by Crippen LogP contribution is -2.34. The van der Waals surface area contributed by atoms with Gasteiger partial charge in [0.15, 0.2) is 0 Å². The van der Waals surface area contributed by atoms with E-state index in [1.807, 2.05) is 54.6 Å². The number of carbonyl (C=O) groups excluding carboxylic acids is 1. The van der Waals surface area contributed by atoms with Crippen molar-refractivity contribution in [3.8, 4) is 0 Å². The molecule has 0 heterocycles. The minimum atomic E-state index is -0.535. The zero-order chi connectivity index (χ0) is 13.9. The maximum Gasteiger partial charge on any atom is 0.224 e. The lowest BCUT2D eigenvalue weighted by molar-refractivity contribution is -0.121. The third kappa shape index (κ3) is 2.58. The summed E-state index contributed by atoms with van der Waals surface area (Å²) in [5.74, 6) is -0.0584. The van der Waals surface area contributed by atoms with Gasteiger partial charge in [0.1, 0.15) is 0 Å². The topological polar surface area (TPSA) is 49.3 Å². The number of nitrogens with one attached hydrogen (secondary N) is 1. The van der Waals surface area contributed by atoms with Crippen LogP contribution in [0, 0.1) is 0 Å². The van der Waals surface area contributed by atoms with Crippen LogP contribution in [0.4, 0.5) is 0 Å². The van der Waals surface area contributed by atoms with Crippen LogP contribution < -0.4 is 5.32 Å². The fraction of sp³-hybridized carbons (Fsp3) is 0.235. The highest BCUT2D eigenvalue weighted by atomic mass is 16.3. The van der Waals surface area contributed by atoms with E-state index in [2.05, 4.69) is 5.32 Å². The number of amides is 1. The van der Waals surface area contributed by atoms with Crippen molar-refractivity contribution in [1.29, 1.82) is 0 Å². The van der Waals surface area contributed by atoms with Gasteiger partial charge in [0.2, 0.25) is 5.91 Å². The largest absolute Gasteiger partial charge is 0.390 e. The number of hydrogen-bond acceptors (Lipinski definition) is 2. The molecule has 0 fully saturated rings. The van der Waals surface area contributed by atoms with Crippen molar-refractivity contribution in [3.05, 3.63) is 71.3 Å². The van der Waals surface area contributed by atoms with E-state index in [0.29, 0.717) is 12.8 Å². The Balaban J connectivity index is 1.70. The molecule has 0 bridgehead atoms. The minimum absolute atomic E-state index is 0.0584. The number of hydrogen-bond donors (Lipinski definition) is 2. The number of rotatable bonds is 3. The molecule has 2 aromatic carbocycles. The molecule has 3 nitrogen and oxygen atoms in total. The minimum Gasteiger partial charge on any atom is -0.390 e. The van der Waals surface area contributed by atoms with Gasteiger partial charge in [-0.2, -0.15) is 0 Å². The standard InChI is InChI=1S/C17H17NO2/c19-15-11-13-8-4-5-9-14(13)17(15)18-16(20)10-12-6-2-1-3-7-12/h1-9,15,17,19H,10-11H2,(H,18,20)/t15-,17+/m0/s1. The van der Waals surface area contributed by atoms with E-state index in [-0.39, 0.29) is 11.9 Å².